The number of amides is 5. The van der Waals surface area contributed by atoms with Gasteiger partial charge in [0.1, 0.15) is 23.7 Å². The molecule has 1 aliphatic carbocycles. The van der Waals surface area contributed by atoms with Gasteiger partial charge >= 0.3 is 18.0 Å². The van der Waals surface area contributed by atoms with E-state index in [-0.39, 0.29) is 47.9 Å². The molecule has 2 aliphatic heterocycles. The Morgan fingerprint density at radius 1 is 1.28 bits per heavy atom. The minimum Gasteiger partial charge on any atom is -0.477 e. The first kappa shape index (κ1) is 27.7. The van der Waals surface area contributed by atoms with Crippen LogP contribution >= 0.6 is 11.8 Å². The zero-order valence-corrected chi connectivity index (χ0v) is 21.4. The number of nitrogens with one attached hydrogen (secondary N) is 2. The molecule has 0 bridgehead atoms. The number of urea groups is 1. The Bertz CT molecular complexity index is 1270. The quantitative estimate of drug-likeness (QED) is 0.133. The normalized spacial score (nSPS) is 21.9. The van der Waals surface area contributed by atoms with Crippen molar-refractivity contribution >= 4 is 53.2 Å². The van der Waals surface area contributed by atoms with Crippen molar-refractivity contribution < 1.29 is 47.9 Å². The summed E-state index contributed by atoms with van der Waals surface area (Å²) in [5, 5.41) is 17.4. The maximum absolute atomic E-state index is 13.3. The summed E-state index contributed by atoms with van der Waals surface area (Å²) < 4.78 is 10.2. The van der Waals surface area contributed by atoms with Crippen LogP contribution in [-0.2, 0) is 33.5 Å². The summed E-state index contributed by atoms with van der Waals surface area (Å²) in [6.07, 6.45) is 2.93. The minimum atomic E-state index is -1.53. The molecule has 0 aromatic carbocycles. The Hall–Kier alpha value is -4.34. The number of oxime groups is 1. The number of imide groups is 1. The standard InChI is InChI=1S/C23H25N5O10S/c1-11(29)37-9-12-10-39-19-15(18(31)28(19)16(12)20(32)33)25-17(30)14(13-5-4-8-36-13)27-38-23(6-2-3-7-23)21(34)26-22(24)35/h4-5,8,15,19H,2-3,6-7,9-10H2,1H3,(H,25,30)(H,32,33)(H3,24,26,34,35)/t15-,19-/m1/s1. The van der Waals surface area contributed by atoms with Gasteiger partial charge in [0, 0.05) is 18.2 Å². The van der Waals surface area contributed by atoms with Crippen LogP contribution in [0.4, 0.5) is 4.79 Å². The summed E-state index contributed by atoms with van der Waals surface area (Å²) in [5.74, 6) is -4.21. The molecule has 39 heavy (non-hydrogen) atoms. The van der Waals surface area contributed by atoms with Crippen molar-refractivity contribution in [1.82, 2.24) is 15.5 Å². The fraction of sp³-hybridized carbons (Fsp3) is 0.435. The molecule has 2 fully saturated rings. The molecule has 1 saturated heterocycles. The third-order valence-corrected chi connectivity index (χ3v) is 7.67. The molecule has 15 nitrogen and oxygen atoms in total. The van der Waals surface area contributed by atoms with Gasteiger partial charge in [0.05, 0.1) is 6.26 Å². The van der Waals surface area contributed by atoms with Gasteiger partial charge in [-0.1, -0.05) is 5.16 Å². The SMILES string of the molecule is CC(=O)OCC1=C(C(=O)O)N2C(=O)[C@@H](NC(=O)C(=NOC3(C(=O)NC(N)=O)CCCC3)c3ccco3)[C@H]2SC1. The number of carboxylic acid groups (broad SMARTS) is 1. The largest absolute Gasteiger partial charge is 0.477 e. The summed E-state index contributed by atoms with van der Waals surface area (Å²) >= 11 is 1.19. The van der Waals surface area contributed by atoms with Gasteiger partial charge in [-0.25, -0.2) is 9.59 Å². The highest BCUT2D eigenvalue weighted by atomic mass is 32.2. The van der Waals surface area contributed by atoms with E-state index in [9.17, 15) is 33.9 Å². The zero-order chi connectivity index (χ0) is 28.3. The van der Waals surface area contributed by atoms with Crippen molar-refractivity contribution in [3.63, 3.8) is 0 Å². The molecule has 2 atom stereocenters. The van der Waals surface area contributed by atoms with Crippen LogP contribution in [0.2, 0.25) is 0 Å². The van der Waals surface area contributed by atoms with E-state index < -0.39 is 52.7 Å². The highest BCUT2D eigenvalue weighted by Gasteiger charge is 2.54. The van der Waals surface area contributed by atoms with Gasteiger partial charge in [0.2, 0.25) is 11.3 Å². The average molecular weight is 564 g/mol. The van der Waals surface area contributed by atoms with Crippen LogP contribution in [0, 0.1) is 0 Å². The molecular weight excluding hydrogens is 538 g/mol. The molecule has 3 heterocycles. The van der Waals surface area contributed by atoms with Crippen molar-refractivity contribution in [1.29, 1.82) is 0 Å². The van der Waals surface area contributed by atoms with Crippen molar-refractivity contribution in [2.75, 3.05) is 12.4 Å². The zero-order valence-electron chi connectivity index (χ0n) is 20.6. The molecule has 4 rings (SSSR count). The fourth-order valence-corrected chi connectivity index (χ4v) is 5.80. The predicted molar refractivity (Wildman–Crippen MR) is 132 cm³/mol. The van der Waals surface area contributed by atoms with Crippen LogP contribution in [0.15, 0.2) is 39.2 Å². The Balaban J connectivity index is 1.53. The van der Waals surface area contributed by atoms with E-state index in [2.05, 4.69) is 10.5 Å². The Morgan fingerprint density at radius 2 is 2.00 bits per heavy atom. The molecule has 5 N–H and O–H groups in total. The molecule has 16 heteroatoms. The summed E-state index contributed by atoms with van der Waals surface area (Å²) in [4.78, 5) is 79.7. The first-order valence-corrected chi connectivity index (χ1v) is 12.8. The molecule has 0 unspecified atom stereocenters. The molecule has 0 radical (unpaired) electrons. The number of nitrogens with zero attached hydrogens (tertiary/aromatic N) is 2. The number of furan rings is 1. The van der Waals surface area contributed by atoms with E-state index in [1.54, 1.807) is 0 Å². The summed E-state index contributed by atoms with van der Waals surface area (Å²) in [6.45, 7) is 0.899. The van der Waals surface area contributed by atoms with Gasteiger partial charge in [-0.05, 0) is 37.8 Å². The summed E-state index contributed by atoms with van der Waals surface area (Å²) in [7, 11) is 0. The van der Waals surface area contributed by atoms with Crippen LogP contribution in [0.5, 0.6) is 0 Å². The van der Waals surface area contributed by atoms with E-state index in [4.69, 9.17) is 19.7 Å². The van der Waals surface area contributed by atoms with E-state index in [1.165, 1.54) is 37.1 Å². The number of aliphatic carboxylic acids is 1. The molecule has 1 aromatic heterocycles. The van der Waals surface area contributed by atoms with Crippen LogP contribution in [0.1, 0.15) is 38.4 Å². The third kappa shape index (κ3) is 5.59. The van der Waals surface area contributed by atoms with Crippen molar-refractivity contribution in [3.05, 3.63) is 35.4 Å². The number of primary amides is 1. The number of nitrogens with two attached hydrogens (primary N) is 1. The number of carbonyl (C=O) groups excluding carboxylic acids is 5. The van der Waals surface area contributed by atoms with Gasteiger partial charge < -0.3 is 30.1 Å². The minimum absolute atomic E-state index is 0.0225. The van der Waals surface area contributed by atoms with Crippen molar-refractivity contribution in [3.8, 4) is 0 Å². The Labute approximate surface area is 225 Å². The predicted octanol–water partition coefficient (Wildman–Crippen LogP) is -0.190. The average Bonchev–Trinajstić information content (AvgIpc) is 3.58. The summed E-state index contributed by atoms with van der Waals surface area (Å²) in [6, 6.07) is 0.742. The highest BCUT2D eigenvalue weighted by Crippen LogP contribution is 2.40. The number of β-lactam (4-membered cyclic amide) rings is 1. The first-order chi connectivity index (χ1) is 18.5. The molecule has 208 valence electrons. The van der Waals surface area contributed by atoms with E-state index in [0.717, 1.165) is 4.90 Å². The monoisotopic (exact) mass is 563 g/mol. The highest BCUT2D eigenvalue weighted by molar-refractivity contribution is 8.00. The lowest BCUT2D eigenvalue weighted by Gasteiger charge is -2.49. The van der Waals surface area contributed by atoms with Crippen molar-refractivity contribution in [2.24, 2.45) is 10.9 Å². The number of esters is 1. The first-order valence-electron chi connectivity index (χ1n) is 11.8. The number of rotatable bonds is 9. The lowest BCUT2D eigenvalue weighted by Crippen LogP contribution is -2.71. The Kier molecular flexibility index (Phi) is 7.94. The number of ether oxygens (including phenoxy) is 1. The molecule has 0 spiro atoms. The molecular formula is C23H25N5O10S. The fourth-order valence-electron chi connectivity index (χ4n) is 4.47. The third-order valence-electron chi connectivity index (χ3n) is 6.33. The molecule has 5 amide bonds. The van der Waals surface area contributed by atoms with Crippen LogP contribution < -0.4 is 16.4 Å². The maximum atomic E-state index is 13.3. The van der Waals surface area contributed by atoms with E-state index in [0.29, 0.717) is 12.8 Å². The van der Waals surface area contributed by atoms with Gasteiger partial charge in [-0.3, -0.25) is 29.4 Å². The van der Waals surface area contributed by atoms with Gasteiger partial charge in [-0.15, -0.1) is 11.8 Å². The number of carbonyl (C=O) groups is 6. The number of carboxylic acids is 1. The van der Waals surface area contributed by atoms with Gasteiger partial charge in [0.25, 0.3) is 17.7 Å². The second kappa shape index (κ2) is 11.2. The van der Waals surface area contributed by atoms with E-state index in [1.807, 2.05) is 5.32 Å². The number of fused-ring (bicyclic) bond motifs is 1. The lowest BCUT2D eigenvalue weighted by atomic mass is 10.0. The molecule has 1 aromatic rings. The van der Waals surface area contributed by atoms with Gasteiger partial charge in [-0.2, -0.15) is 0 Å². The van der Waals surface area contributed by atoms with Gasteiger partial charge in [0.15, 0.2) is 5.76 Å². The Morgan fingerprint density at radius 3 is 2.59 bits per heavy atom. The van der Waals surface area contributed by atoms with Crippen LogP contribution in [0.3, 0.4) is 0 Å². The smallest absolute Gasteiger partial charge is 0.352 e. The molecule has 1 saturated carbocycles. The second-order valence-corrected chi connectivity index (χ2v) is 10.0. The summed E-state index contributed by atoms with van der Waals surface area (Å²) in [5.41, 5.74) is 3.10. The molecule has 3 aliphatic rings. The lowest BCUT2D eigenvalue weighted by molar-refractivity contribution is -0.150. The second-order valence-electron chi connectivity index (χ2n) is 8.93. The number of hydrogen-bond acceptors (Lipinski definition) is 11. The van der Waals surface area contributed by atoms with Crippen LogP contribution in [0.25, 0.3) is 0 Å². The topological polar surface area (TPSA) is 220 Å². The van der Waals surface area contributed by atoms with Crippen molar-refractivity contribution in [2.45, 2.75) is 49.6 Å². The number of hydrogen-bond donors (Lipinski definition) is 4. The van der Waals surface area contributed by atoms with E-state index >= 15 is 0 Å². The maximum Gasteiger partial charge on any atom is 0.352 e. The van der Waals surface area contributed by atoms with Crippen LogP contribution in [-0.4, -0.2) is 80.8 Å². The number of thioether (sulfide) groups is 1.